The molecule has 1 aliphatic heterocycles. The molecule has 0 aromatic rings. The fraction of sp³-hybridized carbons (Fsp3) is 0.895. The summed E-state index contributed by atoms with van der Waals surface area (Å²) in [6, 6.07) is 0.232. The van der Waals surface area contributed by atoms with Crippen LogP contribution in [0.15, 0.2) is 0 Å². The van der Waals surface area contributed by atoms with E-state index in [1.54, 1.807) is 0 Å². The van der Waals surface area contributed by atoms with Crippen molar-refractivity contribution in [2.24, 2.45) is 17.3 Å². The van der Waals surface area contributed by atoms with Crippen LogP contribution in [0, 0.1) is 17.3 Å². The molecule has 5 nitrogen and oxygen atoms in total. The van der Waals surface area contributed by atoms with Gasteiger partial charge in [0, 0.05) is 44.1 Å². The Morgan fingerprint density at radius 1 is 1.21 bits per heavy atom. The van der Waals surface area contributed by atoms with Gasteiger partial charge in [0.15, 0.2) is 0 Å². The van der Waals surface area contributed by atoms with Crippen LogP contribution in [0.3, 0.4) is 0 Å². The number of hydrogen-bond acceptors (Lipinski definition) is 3. The molecule has 3 atom stereocenters. The van der Waals surface area contributed by atoms with Crippen molar-refractivity contribution in [2.75, 3.05) is 26.7 Å². The molecule has 0 radical (unpaired) electrons. The van der Waals surface area contributed by atoms with Gasteiger partial charge in [-0.25, -0.2) is 0 Å². The van der Waals surface area contributed by atoms with E-state index in [1.807, 2.05) is 23.8 Å². The van der Waals surface area contributed by atoms with Gasteiger partial charge in [0.2, 0.25) is 11.8 Å². The number of ether oxygens (including phenoxy) is 1. The summed E-state index contributed by atoms with van der Waals surface area (Å²) in [6.45, 7) is 8.56. The van der Waals surface area contributed by atoms with Crippen molar-refractivity contribution < 1.29 is 14.3 Å². The molecular formula is C19H32N2O3. The highest BCUT2D eigenvalue weighted by atomic mass is 16.5. The number of piperidine rings is 1. The summed E-state index contributed by atoms with van der Waals surface area (Å²) in [6.07, 6.45) is 5.06. The van der Waals surface area contributed by atoms with Gasteiger partial charge in [0.05, 0.1) is 12.0 Å². The van der Waals surface area contributed by atoms with Gasteiger partial charge in [-0.1, -0.05) is 13.8 Å². The first-order chi connectivity index (χ1) is 11.4. The third-order valence-electron chi connectivity index (χ3n) is 6.32. The van der Waals surface area contributed by atoms with Crippen LogP contribution in [-0.4, -0.2) is 60.5 Å². The molecule has 0 aromatic heterocycles. The minimum absolute atomic E-state index is 0.00138. The van der Waals surface area contributed by atoms with E-state index in [4.69, 9.17) is 4.74 Å². The first kappa shape index (κ1) is 17.7. The molecule has 0 bridgehead atoms. The van der Waals surface area contributed by atoms with E-state index < -0.39 is 0 Å². The molecule has 5 heteroatoms. The molecule has 2 aliphatic carbocycles. The molecule has 1 saturated heterocycles. The maximum Gasteiger partial charge on any atom is 0.227 e. The lowest BCUT2D eigenvalue weighted by atomic mass is 9.63. The highest BCUT2D eigenvalue weighted by molar-refractivity contribution is 5.83. The van der Waals surface area contributed by atoms with Crippen molar-refractivity contribution >= 4 is 11.8 Å². The summed E-state index contributed by atoms with van der Waals surface area (Å²) >= 11 is 0. The highest BCUT2D eigenvalue weighted by Gasteiger charge is 2.52. The molecule has 1 heterocycles. The number of rotatable bonds is 5. The number of hydrogen-bond donors (Lipinski definition) is 0. The summed E-state index contributed by atoms with van der Waals surface area (Å²) < 4.78 is 5.79. The lowest BCUT2D eigenvalue weighted by Crippen LogP contribution is -2.63. The largest absolute Gasteiger partial charge is 0.378 e. The summed E-state index contributed by atoms with van der Waals surface area (Å²) in [5, 5.41) is 0. The molecule has 3 fully saturated rings. The topological polar surface area (TPSA) is 49.9 Å². The second-order valence-electron chi connectivity index (χ2n) is 8.36. The van der Waals surface area contributed by atoms with Gasteiger partial charge in [0.25, 0.3) is 0 Å². The zero-order valence-corrected chi connectivity index (χ0v) is 15.6. The maximum atomic E-state index is 13.0. The fourth-order valence-electron chi connectivity index (χ4n) is 4.41. The summed E-state index contributed by atoms with van der Waals surface area (Å²) in [7, 11) is 1.93. The van der Waals surface area contributed by atoms with Crippen molar-refractivity contribution in [3.63, 3.8) is 0 Å². The third kappa shape index (κ3) is 3.19. The van der Waals surface area contributed by atoms with Crippen molar-refractivity contribution in [2.45, 2.75) is 65.0 Å². The Labute approximate surface area is 145 Å². The normalized spacial score (nSPS) is 32.2. The predicted octanol–water partition coefficient (Wildman–Crippen LogP) is 2.30. The summed E-state index contributed by atoms with van der Waals surface area (Å²) in [5.74, 6) is 0.689. The third-order valence-corrected chi connectivity index (χ3v) is 6.32. The summed E-state index contributed by atoms with van der Waals surface area (Å²) in [4.78, 5) is 29.2. The van der Waals surface area contributed by atoms with Crippen LogP contribution in [0.5, 0.6) is 0 Å². The molecule has 2 saturated carbocycles. The second kappa shape index (κ2) is 6.66. The summed E-state index contributed by atoms with van der Waals surface area (Å²) in [5.41, 5.74) is -0.00138. The molecule has 3 rings (SSSR count). The van der Waals surface area contributed by atoms with Crippen molar-refractivity contribution in [1.29, 1.82) is 0 Å². The Balaban J connectivity index is 1.58. The van der Waals surface area contributed by atoms with Gasteiger partial charge in [-0.05, 0) is 39.0 Å². The number of likely N-dealkylation sites (tertiary alicyclic amines) is 1. The van der Waals surface area contributed by atoms with E-state index in [1.165, 1.54) is 0 Å². The van der Waals surface area contributed by atoms with Crippen molar-refractivity contribution in [1.82, 2.24) is 9.80 Å². The number of nitrogens with zero attached hydrogens (tertiary/aromatic N) is 2. The number of carbonyl (C=O) groups is 2. The van der Waals surface area contributed by atoms with E-state index >= 15 is 0 Å². The standard InChI is InChI=1S/C19H32N2O3/c1-5-24-16-11-15(19(16,2)3)20(4)17(22)14-7-6-10-21(12-14)18(23)13-8-9-13/h13-16H,5-12H2,1-4H3/t14-,15+,16+/m0/s1. The average Bonchev–Trinajstić information content (AvgIpc) is 3.41. The van der Waals surface area contributed by atoms with E-state index in [-0.39, 0.29) is 41.2 Å². The molecule has 3 aliphatic rings. The quantitative estimate of drug-likeness (QED) is 0.774. The molecule has 0 aromatic carbocycles. The first-order valence-electron chi connectivity index (χ1n) is 9.53. The molecule has 0 unspecified atom stereocenters. The zero-order valence-electron chi connectivity index (χ0n) is 15.6. The Morgan fingerprint density at radius 2 is 1.92 bits per heavy atom. The van der Waals surface area contributed by atoms with Crippen molar-refractivity contribution in [3.8, 4) is 0 Å². The maximum absolute atomic E-state index is 13.0. The lowest BCUT2D eigenvalue weighted by Gasteiger charge is -2.55. The highest BCUT2D eigenvalue weighted by Crippen LogP contribution is 2.46. The van der Waals surface area contributed by atoms with Gasteiger partial charge in [0.1, 0.15) is 0 Å². The molecule has 0 spiro atoms. The Hall–Kier alpha value is -1.10. The van der Waals surface area contributed by atoms with Crippen molar-refractivity contribution in [3.05, 3.63) is 0 Å². The van der Waals surface area contributed by atoms with Crippen LogP contribution >= 0.6 is 0 Å². The Bertz CT molecular complexity index is 501. The van der Waals surface area contributed by atoms with E-state index in [0.29, 0.717) is 6.54 Å². The fourth-order valence-corrected chi connectivity index (χ4v) is 4.41. The van der Waals surface area contributed by atoms with Gasteiger partial charge in [-0.15, -0.1) is 0 Å². The van der Waals surface area contributed by atoms with Gasteiger partial charge < -0.3 is 14.5 Å². The van der Waals surface area contributed by atoms with Crippen LogP contribution in [0.1, 0.15) is 52.9 Å². The van der Waals surface area contributed by atoms with Crippen LogP contribution < -0.4 is 0 Å². The van der Waals surface area contributed by atoms with E-state index in [9.17, 15) is 9.59 Å². The molecular weight excluding hydrogens is 304 g/mol. The lowest BCUT2D eigenvalue weighted by molar-refractivity contribution is -0.167. The van der Waals surface area contributed by atoms with E-state index in [0.717, 1.165) is 45.3 Å². The van der Waals surface area contributed by atoms with Crippen LogP contribution in [-0.2, 0) is 14.3 Å². The monoisotopic (exact) mass is 336 g/mol. The first-order valence-corrected chi connectivity index (χ1v) is 9.53. The molecule has 24 heavy (non-hydrogen) atoms. The van der Waals surface area contributed by atoms with Crippen LogP contribution in [0.2, 0.25) is 0 Å². The van der Waals surface area contributed by atoms with Gasteiger partial charge in [-0.2, -0.15) is 0 Å². The number of amides is 2. The smallest absolute Gasteiger partial charge is 0.227 e. The van der Waals surface area contributed by atoms with Gasteiger partial charge >= 0.3 is 0 Å². The minimum atomic E-state index is -0.0339. The average molecular weight is 336 g/mol. The predicted molar refractivity (Wildman–Crippen MR) is 92.4 cm³/mol. The molecule has 0 N–H and O–H groups in total. The Morgan fingerprint density at radius 3 is 2.50 bits per heavy atom. The molecule has 136 valence electrons. The van der Waals surface area contributed by atoms with E-state index in [2.05, 4.69) is 13.8 Å². The van der Waals surface area contributed by atoms with Gasteiger partial charge in [-0.3, -0.25) is 9.59 Å². The number of carbonyl (C=O) groups excluding carboxylic acids is 2. The molecule has 2 amide bonds. The minimum Gasteiger partial charge on any atom is -0.378 e. The van der Waals surface area contributed by atoms with Crippen LogP contribution in [0.25, 0.3) is 0 Å². The second-order valence-corrected chi connectivity index (χ2v) is 8.36. The van der Waals surface area contributed by atoms with Crippen LogP contribution in [0.4, 0.5) is 0 Å². The Kier molecular flexibility index (Phi) is 4.92. The zero-order chi connectivity index (χ0) is 17.5. The SMILES string of the molecule is CCO[C@@H]1C[C@@H](N(C)C(=O)[C@H]2CCCN(C(=O)C3CC3)C2)C1(C)C.